The third-order valence-electron chi connectivity index (χ3n) is 5.22. The first-order chi connectivity index (χ1) is 14.3. The van der Waals surface area contributed by atoms with Gasteiger partial charge in [0.15, 0.2) is 0 Å². The lowest BCUT2D eigenvalue weighted by molar-refractivity contribution is -0.108. The van der Waals surface area contributed by atoms with Gasteiger partial charge in [-0.3, -0.25) is 0 Å². The lowest BCUT2D eigenvalue weighted by atomic mass is 10.1. The van der Waals surface area contributed by atoms with Crippen LogP contribution in [0.2, 0.25) is 0 Å². The smallest absolute Gasteiger partial charge is 0.127 e. The molecule has 148 valence electrons. The summed E-state index contributed by atoms with van der Waals surface area (Å²) in [5.41, 5.74) is 2.28. The van der Waals surface area contributed by atoms with Crippen molar-refractivity contribution in [1.82, 2.24) is 0 Å². The molecule has 0 aromatic heterocycles. The van der Waals surface area contributed by atoms with Gasteiger partial charge >= 0.3 is 0 Å². The van der Waals surface area contributed by atoms with E-state index in [-0.39, 0.29) is 0 Å². The second-order valence-electron chi connectivity index (χ2n) is 7.23. The Balaban J connectivity index is 1.33. The fourth-order valence-electron chi connectivity index (χ4n) is 3.72. The topological polar surface area (TPSA) is 38.8 Å². The fraction of sp³-hybridized carbons (Fsp3) is 0.240. The van der Waals surface area contributed by atoms with E-state index in [1.807, 2.05) is 66.7 Å². The van der Waals surface area contributed by atoms with Gasteiger partial charge in [-0.2, -0.15) is 0 Å². The summed E-state index contributed by atoms with van der Waals surface area (Å²) in [5, 5.41) is 0. The molecule has 0 aliphatic carbocycles. The molecule has 0 saturated carbocycles. The maximum Gasteiger partial charge on any atom is 0.127 e. The van der Waals surface area contributed by atoms with Crippen molar-refractivity contribution in [1.29, 1.82) is 0 Å². The molecule has 1 aliphatic heterocycles. The Morgan fingerprint density at radius 1 is 0.862 bits per heavy atom. The molecular weight excluding hydrogens is 362 g/mol. The van der Waals surface area contributed by atoms with Crippen molar-refractivity contribution in [3.05, 3.63) is 84.4 Å². The zero-order chi connectivity index (χ0) is 19.9. The predicted molar refractivity (Wildman–Crippen MR) is 115 cm³/mol. The molecule has 29 heavy (non-hydrogen) atoms. The highest BCUT2D eigenvalue weighted by molar-refractivity contribution is 5.56. The van der Waals surface area contributed by atoms with Crippen LogP contribution in [0.1, 0.15) is 24.8 Å². The van der Waals surface area contributed by atoms with Crippen molar-refractivity contribution >= 4 is 12.0 Å². The number of carbonyl (C=O) groups excluding carboxylic acids is 1. The Hall–Kier alpha value is -3.27. The van der Waals surface area contributed by atoms with Gasteiger partial charge in [-0.15, -0.1) is 0 Å². The summed E-state index contributed by atoms with van der Waals surface area (Å²) < 4.78 is 11.8. The second kappa shape index (κ2) is 9.28. The summed E-state index contributed by atoms with van der Waals surface area (Å²) in [6.45, 7) is 1.55. The van der Waals surface area contributed by atoms with E-state index in [1.54, 1.807) is 0 Å². The molecule has 1 heterocycles. The second-order valence-corrected chi connectivity index (χ2v) is 7.23. The number of benzene rings is 3. The van der Waals surface area contributed by atoms with E-state index in [0.29, 0.717) is 19.1 Å². The Morgan fingerprint density at radius 2 is 1.52 bits per heavy atom. The first-order valence-electron chi connectivity index (χ1n) is 10.1. The molecule has 1 fully saturated rings. The lowest BCUT2D eigenvalue weighted by Crippen LogP contribution is -2.29. The molecule has 4 heteroatoms. The Kier molecular flexibility index (Phi) is 6.10. The van der Waals surface area contributed by atoms with Crippen LogP contribution in [0.15, 0.2) is 78.9 Å². The van der Waals surface area contributed by atoms with Gasteiger partial charge in [-0.25, -0.2) is 0 Å². The molecule has 4 nitrogen and oxygen atoms in total. The molecule has 0 bridgehead atoms. The van der Waals surface area contributed by atoms with E-state index >= 15 is 0 Å². The summed E-state index contributed by atoms with van der Waals surface area (Å²) in [6, 6.07) is 26.2. The minimum absolute atomic E-state index is 0.322. The van der Waals surface area contributed by atoms with Gasteiger partial charge in [0.2, 0.25) is 0 Å². The van der Waals surface area contributed by atoms with E-state index < -0.39 is 0 Å². The average Bonchev–Trinajstić information content (AvgIpc) is 3.23. The number of ether oxygens (including phenoxy) is 2. The third-order valence-corrected chi connectivity index (χ3v) is 5.22. The van der Waals surface area contributed by atoms with Gasteiger partial charge in [0, 0.05) is 24.7 Å². The SMILES string of the molecule is O=CCC1CCCN1c1ccc(Oc2ccc(OCc3ccccc3)cc2)cc1. The van der Waals surface area contributed by atoms with E-state index in [2.05, 4.69) is 17.0 Å². The predicted octanol–water partition coefficient (Wildman–Crippen LogP) is 5.62. The van der Waals surface area contributed by atoms with Crippen molar-refractivity contribution in [3.63, 3.8) is 0 Å². The van der Waals surface area contributed by atoms with Crippen molar-refractivity contribution in [2.45, 2.75) is 31.9 Å². The number of anilines is 1. The average molecular weight is 387 g/mol. The summed E-state index contributed by atoms with van der Waals surface area (Å²) in [5.74, 6) is 2.37. The van der Waals surface area contributed by atoms with E-state index in [1.165, 1.54) is 0 Å². The fourth-order valence-corrected chi connectivity index (χ4v) is 3.72. The number of aldehydes is 1. The first kappa shape index (κ1) is 19.1. The minimum Gasteiger partial charge on any atom is -0.489 e. The third kappa shape index (κ3) is 4.96. The number of hydrogen-bond donors (Lipinski definition) is 0. The standard InChI is InChI=1S/C25H25NO3/c27-18-16-21-7-4-17-26(21)22-8-10-24(11-9-22)29-25-14-12-23(13-15-25)28-19-20-5-2-1-3-6-20/h1-3,5-6,8-15,18,21H,4,7,16-17,19H2. The molecule has 1 atom stereocenters. The van der Waals surface area contributed by atoms with Crippen molar-refractivity contribution in [2.75, 3.05) is 11.4 Å². The van der Waals surface area contributed by atoms with Crippen LogP contribution in [-0.4, -0.2) is 18.9 Å². The normalized spacial score (nSPS) is 15.9. The zero-order valence-electron chi connectivity index (χ0n) is 16.4. The molecule has 4 rings (SSSR count). The molecule has 1 unspecified atom stereocenters. The lowest BCUT2D eigenvalue weighted by Gasteiger charge is -2.25. The summed E-state index contributed by atoms with van der Waals surface area (Å²) in [7, 11) is 0. The molecule has 0 spiro atoms. The van der Waals surface area contributed by atoms with Gasteiger partial charge in [0.1, 0.15) is 30.1 Å². The van der Waals surface area contributed by atoms with Gasteiger partial charge < -0.3 is 19.2 Å². The van der Waals surface area contributed by atoms with Crippen LogP contribution in [0.3, 0.4) is 0 Å². The number of carbonyl (C=O) groups is 1. The molecule has 0 amide bonds. The molecule has 0 radical (unpaired) electrons. The van der Waals surface area contributed by atoms with Crippen molar-refractivity contribution in [3.8, 4) is 17.2 Å². The van der Waals surface area contributed by atoms with Crippen LogP contribution in [0.4, 0.5) is 5.69 Å². The molecule has 3 aromatic rings. The largest absolute Gasteiger partial charge is 0.489 e. The van der Waals surface area contributed by atoms with Gasteiger partial charge in [-0.05, 0) is 66.9 Å². The number of rotatable bonds is 8. The highest BCUT2D eigenvalue weighted by atomic mass is 16.5. The van der Waals surface area contributed by atoms with Crippen LogP contribution in [0, 0.1) is 0 Å². The summed E-state index contributed by atoms with van der Waals surface area (Å²) in [6.07, 6.45) is 3.83. The number of nitrogens with zero attached hydrogens (tertiary/aromatic N) is 1. The quantitative estimate of drug-likeness (QED) is 0.471. The molecule has 1 aliphatic rings. The van der Waals surface area contributed by atoms with Gasteiger partial charge in [-0.1, -0.05) is 30.3 Å². The maximum atomic E-state index is 10.9. The van der Waals surface area contributed by atoms with Gasteiger partial charge in [0.25, 0.3) is 0 Å². The van der Waals surface area contributed by atoms with Crippen LogP contribution < -0.4 is 14.4 Å². The highest BCUT2D eigenvalue weighted by Gasteiger charge is 2.24. The first-order valence-corrected chi connectivity index (χ1v) is 10.1. The van der Waals surface area contributed by atoms with Crippen LogP contribution >= 0.6 is 0 Å². The Morgan fingerprint density at radius 3 is 2.21 bits per heavy atom. The van der Waals surface area contributed by atoms with Crippen molar-refractivity contribution < 1.29 is 14.3 Å². The van der Waals surface area contributed by atoms with Crippen LogP contribution in [0.5, 0.6) is 17.2 Å². The van der Waals surface area contributed by atoms with E-state index in [9.17, 15) is 4.79 Å². The van der Waals surface area contributed by atoms with Crippen molar-refractivity contribution in [2.24, 2.45) is 0 Å². The molecular formula is C25H25NO3. The Labute approximate surface area is 171 Å². The van der Waals surface area contributed by atoms with E-state index in [4.69, 9.17) is 9.47 Å². The van der Waals surface area contributed by atoms with E-state index in [0.717, 1.165) is 54.2 Å². The molecule has 1 saturated heterocycles. The van der Waals surface area contributed by atoms with Crippen LogP contribution in [-0.2, 0) is 11.4 Å². The molecule has 0 N–H and O–H groups in total. The summed E-state index contributed by atoms with van der Waals surface area (Å²) in [4.78, 5) is 13.2. The molecule has 3 aromatic carbocycles. The maximum absolute atomic E-state index is 10.9. The minimum atomic E-state index is 0.322. The Bertz CT molecular complexity index is 907. The highest BCUT2D eigenvalue weighted by Crippen LogP contribution is 2.30. The zero-order valence-corrected chi connectivity index (χ0v) is 16.4. The van der Waals surface area contributed by atoms with Gasteiger partial charge in [0.05, 0.1) is 0 Å². The monoisotopic (exact) mass is 387 g/mol. The number of hydrogen-bond acceptors (Lipinski definition) is 4. The summed E-state index contributed by atoms with van der Waals surface area (Å²) >= 11 is 0. The van der Waals surface area contributed by atoms with Crippen LogP contribution in [0.25, 0.3) is 0 Å².